The Labute approximate surface area is 136 Å². The first-order valence-electron chi connectivity index (χ1n) is 6.74. The van der Waals surface area contributed by atoms with Gasteiger partial charge < -0.3 is 0 Å². The van der Waals surface area contributed by atoms with Crippen molar-refractivity contribution in [1.29, 1.82) is 0 Å². The number of halogens is 1. The number of amides is 2. The Kier molecular flexibility index (Phi) is 3.81. The number of benzene rings is 2. The van der Waals surface area contributed by atoms with E-state index in [-0.39, 0.29) is 11.5 Å². The predicted molar refractivity (Wildman–Crippen MR) is 88.9 cm³/mol. The molecule has 110 valence electrons. The van der Waals surface area contributed by atoms with Gasteiger partial charge in [0, 0.05) is 4.47 Å². The molecule has 1 saturated heterocycles. The molecule has 2 aromatic carbocycles. The molecule has 0 spiro atoms. The van der Waals surface area contributed by atoms with Crippen LogP contribution in [0.5, 0.6) is 0 Å². The molecule has 0 unspecified atom stereocenters. The topological polar surface area (TPSA) is 49.4 Å². The molecule has 0 atom stereocenters. The second kappa shape index (κ2) is 5.77. The summed E-state index contributed by atoms with van der Waals surface area (Å²) < 4.78 is 0.892. The molecule has 4 nitrogen and oxygen atoms in total. The van der Waals surface area contributed by atoms with Crippen LogP contribution in [0.25, 0.3) is 6.08 Å². The minimum absolute atomic E-state index is 0.124. The van der Waals surface area contributed by atoms with Crippen molar-refractivity contribution >= 4 is 39.5 Å². The van der Waals surface area contributed by atoms with Crippen molar-refractivity contribution in [2.45, 2.75) is 6.92 Å². The van der Waals surface area contributed by atoms with Crippen LogP contribution < -0.4 is 10.4 Å². The molecule has 0 saturated carbocycles. The van der Waals surface area contributed by atoms with Gasteiger partial charge in [-0.1, -0.05) is 45.8 Å². The van der Waals surface area contributed by atoms with Gasteiger partial charge >= 0.3 is 0 Å². The summed E-state index contributed by atoms with van der Waals surface area (Å²) in [6.45, 7) is 1.97. The van der Waals surface area contributed by atoms with Crippen LogP contribution in [0, 0.1) is 6.92 Å². The molecule has 22 heavy (non-hydrogen) atoms. The number of aryl methyl sites for hydroxylation is 1. The summed E-state index contributed by atoms with van der Waals surface area (Å²) in [6.07, 6.45) is 1.59. The van der Waals surface area contributed by atoms with E-state index < -0.39 is 5.91 Å². The molecule has 1 N–H and O–H groups in total. The lowest BCUT2D eigenvalue weighted by atomic mass is 10.1. The highest BCUT2D eigenvalue weighted by molar-refractivity contribution is 9.10. The number of hydrazine groups is 1. The highest BCUT2D eigenvalue weighted by Gasteiger charge is 2.34. The monoisotopic (exact) mass is 356 g/mol. The fourth-order valence-corrected chi connectivity index (χ4v) is 2.61. The SMILES string of the molecule is Cc1ccc(N2NC(=O)C(=Cc3cccc(Br)c3)C2=O)cc1. The van der Waals surface area contributed by atoms with Gasteiger partial charge in [-0.05, 0) is 42.8 Å². The molecule has 0 radical (unpaired) electrons. The molecule has 0 aliphatic carbocycles. The lowest BCUT2D eigenvalue weighted by Crippen LogP contribution is -2.35. The van der Waals surface area contributed by atoms with Crippen molar-refractivity contribution in [1.82, 2.24) is 5.43 Å². The highest BCUT2D eigenvalue weighted by atomic mass is 79.9. The van der Waals surface area contributed by atoms with Crippen molar-refractivity contribution in [2.24, 2.45) is 0 Å². The van der Waals surface area contributed by atoms with Crippen LogP contribution in [0.3, 0.4) is 0 Å². The molecule has 1 heterocycles. The number of carbonyl (C=O) groups is 2. The standard InChI is InChI=1S/C17H13BrN2O2/c1-11-5-7-14(8-6-11)20-17(22)15(16(21)19-20)10-12-3-2-4-13(18)9-12/h2-10H,1H3,(H,19,21). The quantitative estimate of drug-likeness (QED) is 0.663. The minimum atomic E-state index is -0.398. The molecule has 5 heteroatoms. The number of anilines is 1. The van der Waals surface area contributed by atoms with Crippen LogP contribution in [-0.2, 0) is 9.59 Å². The molecule has 2 amide bonds. The van der Waals surface area contributed by atoms with Crippen molar-refractivity contribution < 1.29 is 9.59 Å². The third kappa shape index (κ3) is 2.80. The van der Waals surface area contributed by atoms with Gasteiger partial charge in [0.2, 0.25) is 0 Å². The van der Waals surface area contributed by atoms with Gasteiger partial charge in [0.05, 0.1) is 5.69 Å². The number of nitrogens with zero attached hydrogens (tertiary/aromatic N) is 1. The molecule has 1 aliphatic heterocycles. The zero-order valence-corrected chi connectivity index (χ0v) is 13.4. The lowest BCUT2D eigenvalue weighted by molar-refractivity contribution is -0.117. The van der Waals surface area contributed by atoms with Crippen LogP contribution in [-0.4, -0.2) is 11.8 Å². The van der Waals surface area contributed by atoms with Gasteiger partial charge in [-0.15, -0.1) is 0 Å². The summed E-state index contributed by atoms with van der Waals surface area (Å²) in [5.74, 6) is -0.751. The summed E-state index contributed by atoms with van der Waals surface area (Å²) in [5.41, 5.74) is 5.23. The van der Waals surface area contributed by atoms with E-state index >= 15 is 0 Å². The minimum Gasteiger partial charge on any atom is -0.267 e. The number of carbonyl (C=O) groups excluding carboxylic acids is 2. The molecule has 1 fully saturated rings. The lowest BCUT2D eigenvalue weighted by Gasteiger charge is -2.14. The number of hydrogen-bond acceptors (Lipinski definition) is 2. The first kappa shape index (κ1) is 14.5. The average molecular weight is 357 g/mol. The fourth-order valence-electron chi connectivity index (χ4n) is 2.20. The fraction of sp³-hybridized carbons (Fsp3) is 0.0588. The summed E-state index contributed by atoms with van der Waals surface area (Å²) in [5, 5.41) is 1.27. The summed E-state index contributed by atoms with van der Waals surface area (Å²) in [7, 11) is 0. The first-order chi connectivity index (χ1) is 10.5. The van der Waals surface area contributed by atoms with Crippen molar-refractivity contribution in [3.8, 4) is 0 Å². The largest absolute Gasteiger partial charge is 0.282 e. The van der Waals surface area contributed by atoms with E-state index in [1.165, 1.54) is 5.01 Å². The Bertz CT molecular complexity index is 782. The maximum atomic E-state index is 12.5. The smallest absolute Gasteiger partial charge is 0.267 e. The van der Waals surface area contributed by atoms with Gasteiger partial charge in [-0.2, -0.15) is 0 Å². The Balaban J connectivity index is 1.93. The third-order valence-electron chi connectivity index (χ3n) is 3.34. The van der Waals surface area contributed by atoms with Crippen LogP contribution in [0.4, 0.5) is 5.69 Å². The molecule has 1 aliphatic rings. The second-order valence-electron chi connectivity index (χ2n) is 5.03. The van der Waals surface area contributed by atoms with Crippen LogP contribution in [0.2, 0.25) is 0 Å². The van der Waals surface area contributed by atoms with Gasteiger partial charge in [0.25, 0.3) is 11.8 Å². The van der Waals surface area contributed by atoms with Gasteiger partial charge in [-0.3, -0.25) is 15.0 Å². The second-order valence-corrected chi connectivity index (χ2v) is 5.95. The van der Waals surface area contributed by atoms with E-state index in [0.29, 0.717) is 5.69 Å². The van der Waals surface area contributed by atoms with Gasteiger partial charge in [0.15, 0.2) is 0 Å². The average Bonchev–Trinajstić information content (AvgIpc) is 2.76. The van der Waals surface area contributed by atoms with Crippen LogP contribution in [0.1, 0.15) is 11.1 Å². The number of hydrogen-bond donors (Lipinski definition) is 1. The van der Waals surface area contributed by atoms with Crippen LogP contribution >= 0.6 is 15.9 Å². The van der Waals surface area contributed by atoms with Crippen molar-refractivity contribution in [3.63, 3.8) is 0 Å². The maximum Gasteiger partial charge on any atom is 0.282 e. The number of rotatable bonds is 2. The Morgan fingerprint density at radius 3 is 2.50 bits per heavy atom. The van der Waals surface area contributed by atoms with E-state index in [1.807, 2.05) is 43.3 Å². The molecule has 0 aromatic heterocycles. The van der Waals surface area contributed by atoms with Crippen molar-refractivity contribution in [2.75, 3.05) is 5.01 Å². The summed E-state index contributed by atoms with van der Waals surface area (Å²) in [6, 6.07) is 14.8. The Hall–Kier alpha value is -2.40. The maximum absolute atomic E-state index is 12.5. The molecular weight excluding hydrogens is 344 g/mol. The molecule has 3 rings (SSSR count). The summed E-state index contributed by atoms with van der Waals surface area (Å²) in [4.78, 5) is 24.5. The van der Waals surface area contributed by atoms with E-state index in [4.69, 9.17) is 0 Å². The van der Waals surface area contributed by atoms with E-state index in [1.54, 1.807) is 18.2 Å². The van der Waals surface area contributed by atoms with E-state index in [2.05, 4.69) is 21.4 Å². The molecule has 0 bridgehead atoms. The normalized spacial score (nSPS) is 16.3. The van der Waals surface area contributed by atoms with E-state index in [9.17, 15) is 9.59 Å². The Morgan fingerprint density at radius 1 is 1.09 bits per heavy atom. The Morgan fingerprint density at radius 2 is 1.82 bits per heavy atom. The van der Waals surface area contributed by atoms with Crippen molar-refractivity contribution in [3.05, 3.63) is 69.7 Å². The molecule has 2 aromatic rings. The highest BCUT2D eigenvalue weighted by Crippen LogP contribution is 2.22. The summed E-state index contributed by atoms with van der Waals surface area (Å²) >= 11 is 3.37. The zero-order valence-electron chi connectivity index (χ0n) is 11.8. The van der Waals surface area contributed by atoms with Crippen LogP contribution in [0.15, 0.2) is 58.6 Å². The first-order valence-corrected chi connectivity index (χ1v) is 7.53. The van der Waals surface area contributed by atoms with E-state index in [0.717, 1.165) is 15.6 Å². The number of nitrogens with one attached hydrogen (secondary N) is 1. The third-order valence-corrected chi connectivity index (χ3v) is 3.84. The van der Waals surface area contributed by atoms with Gasteiger partial charge in [-0.25, -0.2) is 5.01 Å². The zero-order chi connectivity index (χ0) is 15.7. The van der Waals surface area contributed by atoms with Gasteiger partial charge in [0.1, 0.15) is 5.57 Å². The molecular formula is C17H13BrN2O2. The predicted octanol–water partition coefficient (Wildman–Crippen LogP) is 3.22.